The van der Waals surface area contributed by atoms with Crippen LogP contribution in [0, 0.1) is 0 Å². The van der Waals surface area contributed by atoms with E-state index in [0.717, 1.165) is 5.02 Å². The van der Waals surface area contributed by atoms with Gasteiger partial charge in [0, 0.05) is 16.3 Å². The van der Waals surface area contributed by atoms with Crippen molar-refractivity contribution in [1.29, 1.82) is 0 Å². The third kappa shape index (κ3) is 4.06. The molecule has 1 aromatic rings. The fraction of sp³-hybridized carbons (Fsp3) is 0.500. The molecule has 0 fully saturated rings. The fourth-order valence-electron chi connectivity index (χ4n) is 1.45. The Hall–Kier alpha value is -0.180. The summed E-state index contributed by atoms with van der Waals surface area (Å²) in [6.45, 7) is 6.43. The second-order valence-corrected chi connectivity index (χ2v) is 6.18. The summed E-state index contributed by atoms with van der Waals surface area (Å²) < 4.78 is 0. The SMILES string of the molecule is CC(C)SC(c1ccc(Cl)cc1)C(C)N. The number of nitrogens with two attached hydrogens (primary N) is 1. The summed E-state index contributed by atoms with van der Waals surface area (Å²) in [6, 6.07) is 8.12. The molecule has 0 heterocycles. The van der Waals surface area contributed by atoms with Crippen molar-refractivity contribution in [2.75, 3.05) is 0 Å². The fourth-order valence-corrected chi connectivity index (χ4v) is 2.73. The van der Waals surface area contributed by atoms with Crippen molar-refractivity contribution in [3.05, 3.63) is 34.9 Å². The Balaban J connectivity index is 2.84. The maximum Gasteiger partial charge on any atom is 0.0448 e. The lowest BCUT2D eigenvalue weighted by Gasteiger charge is -2.22. The second kappa shape index (κ2) is 5.78. The van der Waals surface area contributed by atoms with E-state index in [9.17, 15) is 0 Å². The van der Waals surface area contributed by atoms with E-state index in [4.69, 9.17) is 17.3 Å². The predicted octanol–water partition coefficient (Wildman–Crippen LogP) is 3.87. The number of hydrogen-bond donors (Lipinski definition) is 1. The lowest BCUT2D eigenvalue weighted by molar-refractivity contribution is 0.718. The lowest BCUT2D eigenvalue weighted by atomic mass is 10.1. The Morgan fingerprint density at radius 3 is 2.07 bits per heavy atom. The first-order valence-corrected chi connectivity index (χ1v) is 6.49. The average molecular weight is 244 g/mol. The lowest BCUT2D eigenvalue weighted by Crippen LogP contribution is -2.23. The van der Waals surface area contributed by atoms with Crippen LogP contribution in [0.15, 0.2) is 24.3 Å². The average Bonchev–Trinajstić information content (AvgIpc) is 2.15. The van der Waals surface area contributed by atoms with Crippen LogP contribution in [0.2, 0.25) is 5.02 Å². The Kier molecular flexibility index (Phi) is 4.97. The molecular weight excluding hydrogens is 226 g/mol. The van der Waals surface area contributed by atoms with Gasteiger partial charge in [0.2, 0.25) is 0 Å². The number of benzene rings is 1. The van der Waals surface area contributed by atoms with Crippen molar-refractivity contribution in [2.45, 2.75) is 37.3 Å². The highest BCUT2D eigenvalue weighted by Gasteiger charge is 2.17. The molecule has 0 spiro atoms. The molecule has 2 atom stereocenters. The molecule has 0 aromatic heterocycles. The number of halogens is 1. The minimum absolute atomic E-state index is 0.151. The smallest absolute Gasteiger partial charge is 0.0448 e. The van der Waals surface area contributed by atoms with E-state index in [1.165, 1.54) is 5.56 Å². The van der Waals surface area contributed by atoms with Crippen molar-refractivity contribution in [2.24, 2.45) is 5.73 Å². The molecule has 0 aliphatic carbocycles. The molecule has 0 aliphatic rings. The van der Waals surface area contributed by atoms with Gasteiger partial charge < -0.3 is 5.73 Å². The van der Waals surface area contributed by atoms with E-state index < -0.39 is 0 Å². The second-order valence-electron chi connectivity index (χ2n) is 4.02. The van der Waals surface area contributed by atoms with Gasteiger partial charge in [-0.25, -0.2) is 0 Å². The zero-order chi connectivity index (χ0) is 11.4. The Morgan fingerprint density at radius 1 is 1.13 bits per heavy atom. The normalized spacial score (nSPS) is 15.3. The highest BCUT2D eigenvalue weighted by atomic mass is 35.5. The van der Waals surface area contributed by atoms with Crippen LogP contribution in [0.1, 0.15) is 31.6 Å². The molecule has 2 N–H and O–H groups in total. The van der Waals surface area contributed by atoms with E-state index in [1.54, 1.807) is 0 Å². The molecule has 0 radical (unpaired) electrons. The predicted molar refractivity (Wildman–Crippen MR) is 70.6 cm³/mol. The molecule has 0 aliphatic heterocycles. The molecule has 15 heavy (non-hydrogen) atoms. The van der Waals surface area contributed by atoms with Gasteiger partial charge in [0.25, 0.3) is 0 Å². The van der Waals surface area contributed by atoms with Gasteiger partial charge >= 0.3 is 0 Å². The van der Waals surface area contributed by atoms with Gasteiger partial charge in [0.05, 0.1) is 0 Å². The van der Waals surface area contributed by atoms with Crippen LogP contribution in [-0.4, -0.2) is 11.3 Å². The van der Waals surface area contributed by atoms with Crippen molar-refractivity contribution in [1.82, 2.24) is 0 Å². The summed E-state index contributed by atoms with van der Waals surface area (Å²) in [6.07, 6.45) is 0. The number of hydrogen-bond acceptors (Lipinski definition) is 2. The van der Waals surface area contributed by atoms with Crippen LogP contribution in [0.3, 0.4) is 0 Å². The summed E-state index contributed by atoms with van der Waals surface area (Å²) in [7, 11) is 0. The van der Waals surface area contributed by atoms with Crippen LogP contribution in [0.25, 0.3) is 0 Å². The molecule has 0 saturated carbocycles. The quantitative estimate of drug-likeness (QED) is 0.869. The van der Waals surface area contributed by atoms with E-state index in [2.05, 4.69) is 32.9 Å². The highest BCUT2D eigenvalue weighted by molar-refractivity contribution is 8.00. The Morgan fingerprint density at radius 2 is 1.67 bits per heavy atom. The summed E-state index contributed by atoms with van der Waals surface area (Å²) in [5.74, 6) is 0. The summed E-state index contributed by atoms with van der Waals surface area (Å²) in [5, 5.41) is 1.70. The zero-order valence-corrected chi connectivity index (χ0v) is 11.0. The molecule has 2 unspecified atom stereocenters. The van der Waals surface area contributed by atoms with Crippen molar-refractivity contribution in [3.8, 4) is 0 Å². The van der Waals surface area contributed by atoms with Crippen molar-refractivity contribution in [3.63, 3.8) is 0 Å². The topological polar surface area (TPSA) is 26.0 Å². The molecule has 84 valence electrons. The van der Waals surface area contributed by atoms with E-state index >= 15 is 0 Å². The summed E-state index contributed by atoms with van der Waals surface area (Å²) in [4.78, 5) is 0. The summed E-state index contributed by atoms with van der Waals surface area (Å²) >= 11 is 7.76. The van der Waals surface area contributed by atoms with Crippen molar-refractivity contribution >= 4 is 23.4 Å². The van der Waals surface area contributed by atoms with Gasteiger partial charge in [-0.3, -0.25) is 0 Å². The van der Waals surface area contributed by atoms with E-state index in [1.807, 2.05) is 23.9 Å². The van der Waals surface area contributed by atoms with Gasteiger partial charge in [-0.1, -0.05) is 37.6 Å². The molecule has 1 nitrogen and oxygen atoms in total. The molecule has 1 aromatic carbocycles. The summed E-state index contributed by atoms with van der Waals surface area (Å²) in [5.41, 5.74) is 7.26. The first-order valence-electron chi connectivity index (χ1n) is 5.17. The molecule has 0 saturated heterocycles. The largest absolute Gasteiger partial charge is 0.327 e. The molecule has 3 heteroatoms. The van der Waals surface area contributed by atoms with E-state index in [-0.39, 0.29) is 6.04 Å². The van der Waals surface area contributed by atoms with E-state index in [0.29, 0.717) is 10.5 Å². The first kappa shape index (κ1) is 12.9. The van der Waals surface area contributed by atoms with Crippen LogP contribution in [0.4, 0.5) is 0 Å². The highest BCUT2D eigenvalue weighted by Crippen LogP contribution is 2.34. The number of rotatable bonds is 4. The Labute approximate surface area is 101 Å². The molecule has 0 amide bonds. The van der Waals surface area contributed by atoms with Crippen molar-refractivity contribution < 1.29 is 0 Å². The molecule has 0 bridgehead atoms. The Bertz CT molecular complexity index is 295. The van der Waals surface area contributed by atoms with Crippen LogP contribution in [0.5, 0.6) is 0 Å². The molecular formula is C12H18ClNS. The van der Waals surface area contributed by atoms with Crippen LogP contribution < -0.4 is 5.73 Å². The minimum Gasteiger partial charge on any atom is -0.327 e. The third-order valence-corrected chi connectivity index (χ3v) is 3.89. The third-order valence-electron chi connectivity index (χ3n) is 2.09. The standard InChI is InChI=1S/C12H18ClNS/c1-8(2)15-12(9(3)14)10-4-6-11(13)7-5-10/h4-9,12H,14H2,1-3H3. The number of thioether (sulfide) groups is 1. The molecule has 1 rings (SSSR count). The zero-order valence-electron chi connectivity index (χ0n) is 9.41. The minimum atomic E-state index is 0.151. The van der Waals surface area contributed by atoms with Gasteiger partial charge in [-0.05, 0) is 29.9 Å². The van der Waals surface area contributed by atoms with Gasteiger partial charge in [-0.2, -0.15) is 0 Å². The van der Waals surface area contributed by atoms with Gasteiger partial charge in [0.1, 0.15) is 0 Å². The van der Waals surface area contributed by atoms with Gasteiger partial charge in [0.15, 0.2) is 0 Å². The first-order chi connectivity index (χ1) is 7.00. The van der Waals surface area contributed by atoms with Gasteiger partial charge in [-0.15, -0.1) is 11.8 Å². The monoisotopic (exact) mass is 243 g/mol. The van der Waals surface area contributed by atoms with Crippen LogP contribution in [-0.2, 0) is 0 Å². The maximum atomic E-state index is 6.00. The van der Waals surface area contributed by atoms with Crippen LogP contribution >= 0.6 is 23.4 Å². The maximum absolute atomic E-state index is 6.00.